The van der Waals surface area contributed by atoms with Gasteiger partial charge >= 0.3 is 0 Å². The predicted molar refractivity (Wildman–Crippen MR) is 87.0 cm³/mol. The Morgan fingerprint density at radius 3 is 2.59 bits per heavy atom. The van der Waals surface area contributed by atoms with E-state index in [1.807, 2.05) is 4.57 Å². The maximum Gasteiger partial charge on any atom is 0.223 e. The number of pyridine rings is 1. The number of hydrogen-bond donors (Lipinski definition) is 1. The molecule has 2 aromatic rings. The van der Waals surface area contributed by atoms with Crippen molar-refractivity contribution in [2.75, 3.05) is 6.54 Å². The lowest BCUT2D eigenvalue weighted by molar-refractivity contribution is 0.210. The number of benzene rings is 1. The lowest BCUT2D eigenvalue weighted by Crippen LogP contribution is -2.34. The van der Waals surface area contributed by atoms with Gasteiger partial charge in [0.1, 0.15) is 0 Å². The maximum absolute atomic E-state index is 11.6. The lowest BCUT2D eigenvalue weighted by Gasteiger charge is -2.30. The van der Waals surface area contributed by atoms with Gasteiger partial charge in [-0.3, -0.25) is 9.69 Å². The first-order valence-electron chi connectivity index (χ1n) is 7.76. The van der Waals surface area contributed by atoms with E-state index in [0.29, 0.717) is 5.92 Å². The van der Waals surface area contributed by atoms with Crippen LogP contribution in [0.25, 0.3) is 0 Å². The van der Waals surface area contributed by atoms with Gasteiger partial charge in [0, 0.05) is 37.9 Å². The highest BCUT2D eigenvalue weighted by Crippen LogP contribution is 2.18. The lowest BCUT2D eigenvalue weighted by atomic mass is 10.0. The van der Waals surface area contributed by atoms with Crippen molar-refractivity contribution in [3.05, 3.63) is 63.6 Å². The Balaban J connectivity index is 1.72. The first kappa shape index (κ1) is 14.9. The van der Waals surface area contributed by atoms with E-state index in [4.69, 9.17) is 0 Å². The standard InChI is InChI=1S/C18H22N2O2/c1-13(2)15-5-3-14(4-6-15)10-19-7-8-20-12-18(22)17(21)9-16(20)11-19/h3-6,9,12-13,22H,7-8,10-11H2,1-2H3. The fourth-order valence-electron chi connectivity index (χ4n) is 2.91. The molecule has 0 radical (unpaired) electrons. The fourth-order valence-corrected chi connectivity index (χ4v) is 2.91. The van der Waals surface area contributed by atoms with Crippen molar-refractivity contribution < 1.29 is 5.11 Å². The molecular weight excluding hydrogens is 276 g/mol. The third kappa shape index (κ3) is 3.07. The molecule has 0 saturated carbocycles. The monoisotopic (exact) mass is 298 g/mol. The molecule has 22 heavy (non-hydrogen) atoms. The van der Waals surface area contributed by atoms with Crippen LogP contribution < -0.4 is 5.43 Å². The van der Waals surface area contributed by atoms with E-state index in [0.717, 1.165) is 31.9 Å². The molecule has 4 nitrogen and oxygen atoms in total. The number of nitrogens with zero attached hydrogens (tertiary/aromatic N) is 2. The maximum atomic E-state index is 11.6. The molecule has 1 aliphatic heterocycles. The topological polar surface area (TPSA) is 45.5 Å². The molecule has 0 bridgehead atoms. The van der Waals surface area contributed by atoms with Gasteiger partial charge in [0.05, 0.1) is 6.20 Å². The summed E-state index contributed by atoms with van der Waals surface area (Å²) in [7, 11) is 0. The minimum Gasteiger partial charge on any atom is -0.503 e. The Hall–Kier alpha value is -2.07. The van der Waals surface area contributed by atoms with Gasteiger partial charge in [0.25, 0.3) is 0 Å². The zero-order chi connectivity index (χ0) is 15.7. The average molecular weight is 298 g/mol. The van der Waals surface area contributed by atoms with Crippen LogP contribution in [0.5, 0.6) is 5.75 Å². The summed E-state index contributed by atoms with van der Waals surface area (Å²) in [5.41, 5.74) is 3.32. The minimum atomic E-state index is -0.297. The van der Waals surface area contributed by atoms with Gasteiger partial charge in [-0.15, -0.1) is 0 Å². The van der Waals surface area contributed by atoms with Crippen LogP contribution in [0.4, 0.5) is 0 Å². The molecule has 0 fully saturated rings. The molecule has 2 heterocycles. The SMILES string of the molecule is CC(C)c1ccc(CN2CCn3cc(O)c(=O)cc3C2)cc1. The second-order valence-corrected chi connectivity index (χ2v) is 6.31. The first-order valence-corrected chi connectivity index (χ1v) is 7.76. The predicted octanol–water partition coefficient (Wildman–Crippen LogP) is 2.69. The fraction of sp³-hybridized carbons (Fsp3) is 0.389. The minimum absolute atomic E-state index is 0.165. The Bertz CT molecular complexity index is 717. The summed E-state index contributed by atoms with van der Waals surface area (Å²) in [5, 5.41) is 9.50. The molecule has 116 valence electrons. The van der Waals surface area contributed by atoms with Gasteiger partial charge in [-0.1, -0.05) is 38.1 Å². The third-order valence-corrected chi connectivity index (χ3v) is 4.29. The normalized spacial score (nSPS) is 15.0. The number of fused-ring (bicyclic) bond motifs is 1. The molecule has 1 aromatic heterocycles. The van der Waals surface area contributed by atoms with Crippen molar-refractivity contribution in [1.29, 1.82) is 0 Å². The summed E-state index contributed by atoms with van der Waals surface area (Å²) < 4.78 is 1.97. The van der Waals surface area contributed by atoms with Crippen molar-refractivity contribution >= 4 is 0 Å². The van der Waals surface area contributed by atoms with Crippen molar-refractivity contribution in [2.24, 2.45) is 0 Å². The van der Waals surface area contributed by atoms with E-state index < -0.39 is 0 Å². The zero-order valence-electron chi connectivity index (χ0n) is 13.1. The summed E-state index contributed by atoms with van der Waals surface area (Å²) in [6.45, 7) is 7.73. The highest BCUT2D eigenvalue weighted by molar-refractivity contribution is 5.25. The molecular formula is C18H22N2O2. The van der Waals surface area contributed by atoms with Crippen LogP contribution >= 0.6 is 0 Å². The number of aromatic hydroxyl groups is 1. The number of rotatable bonds is 3. The van der Waals surface area contributed by atoms with Gasteiger partial charge < -0.3 is 9.67 Å². The van der Waals surface area contributed by atoms with Crippen molar-refractivity contribution in [3.63, 3.8) is 0 Å². The second-order valence-electron chi connectivity index (χ2n) is 6.31. The van der Waals surface area contributed by atoms with E-state index in [1.54, 1.807) is 12.3 Å². The van der Waals surface area contributed by atoms with Crippen LogP contribution in [-0.4, -0.2) is 21.1 Å². The van der Waals surface area contributed by atoms with Crippen LogP contribution in [0.3, 0.4) is 0 Å². The molecule has 1 aromatic carbocycles. The first-order chi connectivity index (χ1) is 10.5. The molecule has 1 aliphatic rings. The zero-order valence-corrected chi connectivity index (χ0v) is 13.1. The van der Waals surface area contributed by atoms with Crippen LogP contribution in [0.15, 0.2) is 41.3 Å². The van der Waals surface area contributed by atoms with Crippen molar-refractivity contribution in [2.45, 2.75) is 39.4 Å². The Morgan fingerprint density at radius 2 is 1.91 bits per heavy atom. The van der Waals surface area contributed by atoms with Gasteiger partial charge in [0.15, 0.2) is 5.75 Å². The third-order valence-electron chi connectivity index (χ3n) is 4.29. The van der Waals surface area contributed by atoms with Crippen LogP contribution in [-0.2, 0) is 19.6 Å². The second kappa shape index (κ2) is 5.97. The van der Waals surface area contributed by atoms with E-state index in [9.17, 15) is 9.90 Å². The summed E-state index contributed by atoms with van der Waals surface area (Å²) in [6.07, 6.45) is 1.55. The van der Waals surface area contributed by atoms with Gasteiger partial charge in [-0.2, -0.15) is 0 Å². The largest absolute Gasteiger partial charge is 0.503 e. The highest BCUT2D eigenvalue weighted by Gasteiger charge is 2.17. The highest BCUT2D eigenvalue weighted by atomic mass is 16.3. The van der Waals surface area contributed by atoms with Crippen molar-refractivity contribution in [3.8, 4) is 5.75 Å². The molecule has 0 unspecified atom stereocenters. The average Bonchev–Trinajstić information content (AvgIpc) is 2.49. The molecule has 0 aliphatic carbocycles. The van der Waals surface area contributed by atoms with E-state index >= 15 is 0 Å². The summed E-state index contributed by atoms with van der Waals surface area (Å²) in [4.78, 5) is 13.9. The quantitative estimate of drug-likeness (QED) is 0.947. The molecule has 1 N–H and O–H groups in total. The van der Waals surface area contributed by atoms with Crippen LogP contribution in [0.1, 0.15) is 36.6 Å². The summed E-state index contributed by atoms with van der Waals surface area (Å²) in [5.74, 6) is 0.386. The van der Waals surface area contributed by atoms with Gasteiger partial charge in [-0.25, -0.2) is 0 Å². The van der Waals surface area contributed by atoms with Gasteiger partial charge in [0.2, 0.25) is 5.43 Å². The smallest absolute Gasteiger partial charge is 0.223 e. The molecule has 0 atom stereocenters. The Labute approximate surface area is 130 Å². The Kier molecular flexibility index (Phi) is 4.03. The van der Waals surface area contributed by atoms with Crippen LogP contribution in [0, 0.1) is 0 Å². The van der Waals surface area contributed by atoms with Crippen molar-refractivity contribution in [1.82, 2.24) is 9.47 Å². The molecule has 4 heteroatoms. The summed E-state index contributed by atoms with van der Waals surface area (Å²) in [6, 6.07) is 10.3. The molecule has 0 saturated heterocycles. The van der Waals surface area contributed by atoms with Crippen LogP contribution in [0.2, 0.25) is 0 Å². The molecule has 0 spiro atoms. The number of aromatic nitrogens is 1. The number of hydrogen-bond acceptors (Lipinski definition) is 3. The van der Waals surface area contributed by atoms with E-state index in [2.05, 4.69) is 43.0 Å². The van der Waals surface area contributed by atoms with E-state index in [-0.39, 0.29) is 11.2 Å². The molecule has 3 rings (SSSR count). The van der Waals surface area contributed by atoms with Gasteiger partial charge in [-0.05, 0) is 17.0 Å². The molecule has 0 amide bonds. The van der Waals surface area contributed by atoms with E-state index in [1.165, 1.54) is 11.1 Å². The Morgan fingerprint density at radius 1 is 1.18 bits per heavy atom. The summed E-state index contributed by atoms with van der Waals surface area (Å²) >= 11 is 0.